The van der Waals surface area contributed by atoms with Crippen LogP contribution in [0.25, 0.3) is 0 Å². The quantitative estimate of drug-likeness (QED) is 0.799. The van der Waals surface area contributed by atoms with Gasteiger partial charge >= 0.3 is 0 Å². The van der Waals surface area contributed by atoms with Crippen LogP contribution >= 0.6 is 15.9 Å². The largest absolute Gasteiger partial charge is 0.491 e. The maximum atomic E-state index is 13.2. The topological polar surface area (TPSA) is 44.5 Å². The SMILES string of the molecule is CCCOc1cc(Oc2cc(F)ccc2Br)ccc1N. The van der Waals surface area contributed by atoms with Crippen LogP contribution < -0.4 is 15.2 Å². The summed E-state index contributed by atoms with van der Waals surface area (Å²) in [6.45, 7) is 2.59. The molecule has 0 radical (unpaired) electrons. The Hall–Kier alpha value is -1.75. The summed E-state index contributed by atoms with van der Waals surface area (Å²) in [7, 11) is 0. The van der Waals surface area contributed by atoms with Crippen LogP contribution in [0.4, 0.5) is 10.1 Å². The highest BCUT2D eigenvalue weighted by Gasteiger charge is 2.07. The monoisotopic (exact) mass is 339 g/mol. The lowest BCUT2D eigenvalue weighted by atomic mass is 10.2. The van der Waals surface area contributed by atoms with Crippen LogP contribution in [0, 0.1) is 5.82 Å². The summed E-state index contributed by atoms with van der Waals surface area (Å²) in [5.41, 5.74) is 6.37. The zero-order valence-electron chi connectivity index (χ0n) is 11.0. The van der Waals surface area contributed by atoms with Gasteiger partial charge in [0.25, 0.3) is 0 Å². The van der Waals surface area contributed by atoms with Gasteiger partial charge in [0.1, 0.15) is 23.1 Å². The van der Waals surface area contributed by atoms with Gasteiger partial charge in [-0.3, -0.25) is 0 Å². The van der Waals surface area contributed by atoms with Crippen LogP contribution in [-0.2, 0) is 0 Å². The molecule has 20 heavy (non-hydrogen) atoms. The molecule has 2 N–H and O–H groups in total. The van der Waals surface area contributed by atoms with Crippen molar-refractivity contribution < 1.29 is 13.9 Å². The zero-order chi connectivity index (χ0) is 14.5. The fourth-order valence-electron chi connectivity index (χ4n) is 1.60. The van der Waals surface area contributed by atoms with Gasteiger partial charge in [-0.15, -0.1) is 0 Å². The molecule has 3 nitrogen and oxygen atoms in total. The highest BCUT2D eigenvalue weighted by Crippen LogP contribution is 2.33. The van der Waals surface area contributed by atoms with Gasteiger partial charge < -0.3 is 15.2 Å². The maximum Gasteiger partial charge on any atom is 0.145 e. The van der Waals surface area contributed by atoms with Crippen LogP contribution in [0.15, 0.2) is 40.9 Å². The number of halogens is 2. The van der Waals surface area contributed by atoms with E-state index in [0.29, 0.717) is 34.0 Å². The van der Waals surface area contributed by atoms with E-state index in [4.69, 9.17) is 15.2 Å². The number of ether oxygens (including phenoxy) is 2. The number of anilines is 1. The van der Waals surface area contributed by atoms with E-state index in [9.17, 15) is 4.39 Å². The van der Waals surface area contributed by atoms with E-state index in [-0.39, 0.29) is 5.82 Å². The van der Waals surface area contributed by atoms with Crippen molar-refractivity contribution in [2.24, 2.45) is 0 Å². The molecule has 0 atom stereocenters. The van der Waals surface area contributed by atoms with Gasteiger partial charge in [-0.2, -0.15) is 0 Å². The minimum atomic E-state index is -0.360. The van der Waals surface area contributed by atoms with Crippen LogP contribution in [0.1, 0.15) is 13.3 Å². The molecular weight excluding hydrogens is 325 g/mol. The van der Waals surface area contributed by atoms with Crippen molar-refractivity contribution in [3.63, 3.8) is 0 Å². The molecular formula is C15H15BrFNO2. The molecule has 0 aliphatic rings. The van der Waals surface area contributed by atoms with E-state index in [1.807, 2.05) is 6.92 Å². The molecule has 0 fully saturated rings. The van der Waals surface area contributed by atoms with Gasteiger partial charge in [0.2, 0.25) is 0 Å². The first-order valence-electron chi connectivity index (χ1n) is 6.25. The van der Waals surface area contributed by atoms with E-state index < -0.39 is 0 Å². The Morgan fingerprint density at radius 2 is 1.95 bits per heavy atom. The number of nitrogens with two attached hydrogens (primary N) is 1. The Balaban J connectivity index is 2.22. The van der Waals surface area contributed by atoms with Gasteiger partial charge in [-0.1, -0.05) is 6.92 Å². The average Bonchev–Trinajstić information content (AvgIpc) is 2.43. The Kier molecular flexibility index (Phi) is 4.84. The minimum absolute atomic E-state index is 0.360. The first kappa shape index (κ1) is 14.7. The summed E-state index contributed by atoms with van der Waals surface area (Å²) in [6.07, 6.45) is 0.889. The fourth-order valence-corrected chi connectivity index (χ4v) is 1.93. The van der Waals surface area contributed by atoms with Crippen molar-refractivity contribution in [1.29, 1.82) is 0 Å². The molecule has 2 rings (SSSR count). The highest BCUT2D eigenvalue weighted by atomic mass is 79.9. The molecule has 0 aromatic heterocycles. The van der Waals surface area contributed by atoms with Crippen LogP contribution in [-0.4, -0.2) is 6.61 Å². The Morgan fingerprint density at radius 3 is 2.70 bits per heavy atom. The van der Waals surface area contributed by atoms with Crippen LogP contribution in [0.3, 0.4) is 0 Å². The number of benzene rings is 2. The average molecular weight is 340 g/mol. The normalized spacial score (nSPS) is 10.3. The third-order valence-electron chi connectivity index (χ3n) is 2.57. The van der Waals surface area contributed by atoms with E-state index >= 15 is 0 Å². The molecule has 0 spiro atoms. The molecule has 106 valence electrons. The second-order valence-corrected chi connectivity index (χ2v) is 5.08. The predicted molar refractivity (Wildman–Crippen MR) is 80.8 cm³/mol. The fraction of sp³-hybridized carbons (Fsp3) is 0.200. The summed E-state index contributed by atoms with van der Waals surface area (Å²) < 4.78 is 25.1. The van der Waals surface area contributed by atoms with E-state index in [1.54, 1.807) is 24.3 Å². The lowest BCUT2D eigenvalue weighted by Gasteiger charge is -2.12. The molecule has 0 saturated heterocycles. The number of nitrogen functional groups attached to an aromatic ring is 1. The highest BCUT2D eigenvalue weighted by molar-refractivity contribution is 9.10. The van der Waals surface area contributed by atoms with Crippen molar-refractivity contribution in [2.45, 2.75) is 13.3 Å². The van der Waals surface area contributed by atoms with Crippen molar-refractivity contribution >= 4 is 21.6 Å². The molecule has 0 amide bonds. The van der Waals surface area contributed by atoms with E-state index in [2.05, 4.69) is 15.9 Å². The van der Waals surface area contributed by atoms with Gasteiger partial charge in [0.15, 0.2) is 0 Å². The molecule has 2 aromatic carbocycles. The smallest absolute Gasteiger partial charge is 0.145 e. The summed E-state index contributed by atoms with van der Waals surface area (Å²) in [5.74, 6) is 1.14. The molecule has 5 heteroatoms. The zero-order valence-corrected chi connectivity index (χ0v) is 12.6. The summed E-state index contributed by atoms with van der Waals surface area (Å²) >= 11 is 3.32. The molecule has 0 saturated carbocycles. The van der Waals surface area contributed by atoms with E-state index in [1.165, 1.54) is 12.1 Å². The maximum absolute atomic E-state index is 13.2. The standard InChI is InChI=1S/C15H15BrFNO2/c1-2-7-19-15-9-11(4-6-13(15)18)20-14-8-10(17)3-5-12(14)16/h3-6,8-9H,2,7,18H2,1H3. The van der Waals surface area contributed by atoms with Crippen molar-refractivity contribution in [3.8, 4) is 17.2 Å². The second-order valence-electron chi connectivity index (χ2n) is 4.22. The number of rotatable bonds is 5. The third-order valence-corrected chi connectivity index (χ3v) is 3.22. The van der Waals surface area contributed by atoms with Crippen LogP contribution in [0.5, 0.6) is 17.2 Å². The number of hydrogen-bond donors (Lipinski definition) is 1. The second kappa shape index (κ2) is 6.61. The van der Waals surface area contributed by atoms with E-state index in [0.717, 1.165) is 6.42 Å². The lowest BCUT2D eigenvalue weighted by Crippen LogP contribution is -1.99. The van der Waals surface area contributed by atoms with Gasteiger partial charge in [-0.05, 0) is 46.6 Å². The lowest BCUT2D eigenvalue weighted by molar-refractivity contribution is 0.317. The van der Waals surface area contributed by atoms with Gasteiger partial charge in [0.05, 0.1) is 16.8 Å². The molecule has 0 aliphatic heterocycles. The number of hydrogen-bond acceptors (Lipinski definition) is 3. The Morgan fingerprint density at radius 1 is 1.15 bits per heavy atom. The van der Waals surface area contributed by atoms with Crippen molar-refractivity contribution in [1.82, 2.24) is 0 Å². The molecule has 0 heterocycles. The van der Waals surface area contributed by atoms with Gasteiger partial charge in [-0.25, -0.2) is 4.39 Å². The van der Waals surface area contributed by atoms with Crippen molar-refractivity contribution in [3.05, 3.63) is 46.7 Å². The van der Waals surface area contributed by atoms with Gasteiger partial charge in [0, 0.05) is 12.1 Å². The predicted octanol–water partition coefficient (Wildman–Crippen LogP) is 4.75. The molecule has 0 bridgehead atoms. The molecule has 0 unspecified atom stereocenters. The summed E-state index contributed by atoms with van der Waals surface area (Å²) in [6, 6.07) is 9.38. The summed E-state index contributed by atoms with van der Waals surface area (Å²) in [4.78, 5) is 0. The Bertz CT molecular complexity index is 604. The Labute approximate surface area is 125 Å². The minimum Gasteiger partial charge on any atom is -0.491 e. The first-order valence-corrected chi connectivity index (χ1v) is 7.04. The van der Waals surface area contributed by atoms with Crippen LogP contribution in [0.2, 0.25) is 0 Å². The first-order chi connectivity index (χ1) is 9.60. The third kappa shape index (κ3) is 3.63. The molecule has 0 aliphatic carbocycles. The summed E-state index contributed by atoms with van der Waals surface area (Å²) in [5, 5.41) is 0. The van der Waals surface area contributed by atoms with Crippen molar-refractivity contribution in [2.75, 3.05) is 12.3 Å². The molecule has 2 aromatic rings.